The fourth-order valence-corrected chi connectivity index (χ4v) is 4.84. The summed E-state index contributed by atoms with van der Waals surface area (Å²) in [7, 11) is 3.80. The van der Waals surface area contributed by atoms with Gasteiger partial charge < -0.3 is 30.1 Å². The van der Waals surface area contributed by atoms with Gasteiger partial charge in [0.05, 0.1) is 31.0 Å². The molecule has 11 heteroatoms. The number of fused-ring (bicyclic) bond motifs is 1. The van der Waals surface area contributed by atoms with Gasteiger partial charge in [-0.1, -0.05) is 20.8 Å². The molecule has 2 aromatic rings. The molecule has 0 saturated carbocycles. The SMILES string of the molecule is Br.CCOc1cc2c(cc1C(N)=O)C(=N)N(CC(=O)c1cc(N(C)C)c(OCCCCCC(=O)O)c(C(C)(C)C)c1)C2. The lowest BCUT2D eigenvalue weighted by atomic mass is 9.84. The number of primary amides is 1. The van der Waals surface area contributed by atoms with E-state index in [0.29, 0.717) is 48.8 Å². The molecule has 10 nitrogen and oxygen atoms in total. The molecule has 0 aromatic heterocycles. The van der Waals surface area contributed by atoms with Crippen LogP contribution in [0.15, 0.2) is 24.3 Å². The predicted octanol–water partition coefficient (Wildman–Crippen LogP) is 5.17. The maximum absolute atomic E-state index is 13.7. The van der Waals surface area contributed by atoms with E-state index in [1.807, 2.05) is 38.1 Å². The molecule has 0 spiro atoms. The second-order valence-corrected chi connectivity index (χ2v) is 11.5. The molecular weight excluding hydrogens is 604 g/mol. The molecule has 0 bridgehead atoms. The van der Waals surface area contributed by atoms with E-state index in [1.54, 1.807) is 17.0 Å². The number of hydrogen-bond donors (Lipinski definition) is 3. The first-order valence-electron chi connectivity index (χ1n) is 13.9. The van der Waals surface area contributed by atoms with Crippen LogP contribution >= 0.6 is 17.0 Å². The van der Waals surface area contributed by atoms with Crippen molar-refractivity contribution < 1.29 is 29.0 Å². The molecule has 1 heterocycles. The van der Waals surface area contributed by atoms with Crippen molar-refractivity contribution >= 4 is 46.2 Å². The number of amides is 1. The number of amidine groups is 1. The summed E-state index contributed by atoms with van der Waals surface area (Å²) in [6.07, 6.45) is 2.23. The third-order valence-corrected chi connectivity index (χ3v) is 7.00. The second-order valence-electron chi connectivity index (χ2n) is 11.5. The van der Waals surface area contributed by atoms with E-state index in [4.69, 9.17) is 25.7 Å². The third-order valence-electron chi connectivity index (χ3n) is 7.00. The first-order valence-corrected chi connectivity index (χ1v) is 13.9. The van der Waals surface area contributed by atoms with E-state index in [2.05, 4.69) is 20.8 Å². The monoisotopic (exact) mass is 646 g/mol. The van der Waals surface area contributed by atoms with E-state index in [0.717, 1.165) is 29.7 Å². The molecule has 2 aromatic carbocycles. The van der Waals surface area contributed by atoms with Gasteiger partial charge in [0.1, 0.15) is 17.3 Å². The molecule has 0 aliphatic carbocycles. The molecular formula is C31H43BrN4O6. The molecule has 42 heavy (non-hydrogen) atoms. The van der Waals surface area contributed by atoms with Gasteiger partial charge in [-0.15, -0.1) is 17.0 Å². The number of nitrogens with two attached hydrogens (primary N) is 1. The molecule has 0 radical (unpaired) electrons. The van der Waals surface area contributed by atoms with Gasteiger partial charge in [0.15, 0.2) is 5.78 Å². The summed E-state index contributed by atoms with van der Waals surface area (Å²) >= 11 is 0. The molecule has 1 aliphatic heterocycles. The number of anilines is 1. The summed E-state index contributed by atoms with van der Waals surface area (Å²) in [6, 6.07) is 7.00. The van der Waals surface area contributed by atoms with Crippen LogP contribution in [0.25, 0.3) is 0 Å². The van der Waals surface area contributed by atoms with Crippen LogP contribution in [-0.2, 0) is 16.8 Å². The number of carboxylic acid groups (broad SMARTS) is 1. The van der Waals surface area contributed by atoms with Crippen LogP contribution in [0.3, 0.4) is 0 Å². The van der Waals surface area contributed by atoms with Crippen molar-refractivity contribution in [2.45, 2.75) is 65.3 Å². The van der Waals surface area contributed by atoms with Crippen LogP contribution in [0.2, 0.25) is 0 Å². The zero-order valence-corrected chi connectivity index (χ0v) is 27.0. The molecule has 0 saturated heterocycles. The second kappa shape index (κ2) is 14.5. The van der Waals surface area contributed by atoms with Crippen molar-refractivity contribution in [3.63, 3.8) is 0 Å². The highest BCUT2D eigenvalue weighted by Crippen LogP contribution is 2.40. The van der Waals surface area contributed by atoms with Crippen molar-refractivity contribution in [1.82, 2.24) is 4.90 Å². The van der Waals surface area contributed by atoms with Gasteiger partial charge in [-0.05, 0) is 61.4 Å². The van der Waals surface area contributed by atoms with Crippen LogP contribution in [0.1, 0.15) is 90.8 Å². The summed E-state index contributed by atoms with van der Waals surface area (Å²) in [5.74, 6) is -0.326. The normalized spacial score (nSPS) is 12.4. The first-order chi connectivity index (χ1) is 19.2. The molecule has 4 N–H and O–H groups in total. The number of carboxylic acids is 1. The maximum atomic E-state index is 13.7. The van der Waals surface area contributed by atoms with Crippen molar-refractivity contribution in [3.8, 4) is 11.5 Å². The van der Waals surface area contributed by atoms with Crippen LogP contribution in [-0.4, -0.2) is 67.4 Å². The quantitative estimate of drug-likeness (QED) is 0.188. The summed E-state index contributed by atoms with van der Waals surface area (Å²) in [5, 5.41) is 17.6. The lowest BCUT2D eigenvalue weighted by Crippen LogP contribution is -2.30. The minimum absolute atomic E-state index is 0. The Balaban J connectivity index is 0.00000616. The zero-order valence-electron chi connectivity index (χ0n) is 25.3. The van der Waals surface area contributed by atoms with E-state index in [-0.39, 0.29) is 52.5 Å². The summed E-state index contributed by atoms with van der Waals surface area (Å²) in [4.78, 5) is 40.0. The standard InChI is InChI=1S/C31H42N4O6.BrH/c1-7-40-26-15-20-17-35(29(32)21(20)16-22(26)30(33)39)18-25(36)19-13-23(31(2,3)4)28(24(14-19)34(5)6)41-12-10-8-9-11-27(37)38;/h13-16,32H,7-12,17-18H2,1-6H3,(H2,33,39)(H,37,38);1H. The Morgan fingerprint density at radius 2 is 1.76 bits per heavy atom. The van der Waals surface area contributed by atoms with Gasteiger partial charge in [-0.3, -0.25) is 19.8 Å². The topological polar surface area (TPSA) is 146 Å². The van der Waals surface area contributed by atoms with E-state index in [1.165, 1.54) is 0 Å². The molecule has 1 aliphatic rings. The van der Waals surface area contributed by atoms with Gasteiger partial charge >= 0.3 is 5.97 Å². The van der Waals surface area contributed by atoms with E-state index < -0.39 is 11.9 Å². The number of halogens is 1. The fraction of sp³-hybridized carbons (Fsp3) is 0.484. The van der Waals surface area contributed by atoms with Crippen molar-refractivity contribution in [3.05, 3.63) is 52.1 Å². The van der Waals surface area contributed by atoms with Crippen LogP contribution in [0.5, 0.6) is 11.5 Å². The summed E-state index contributed by atoms with van der Waals surface area (Å²) in [6.45, 7) is 9.15. The number of nitrogens with one attached hydrogen (secondary N) is 1. The lowest BCUT2D eigenvalue weighted by molar-refractivity contribution is -0.137. The van der Waals surface area contributed by atoms with Gasteiger partial charge in [0.25, 0.3) is 5.91 Å². The number of ether oxygens (including phenoxy) is 2. The third kappa shape index (κ3) is 8.24. The number of carbonyl (C=O) groups excluding carboxylic acids is 2. The van der Waals surface area contributed by atoms with Gasteiger partial charge in [0, 0.05) is 43.8 Å². The van der Waals surface area contributed by atoms with Crippen molar-refractivity contribution in [2.75, 3.05) is 38.8 Å². The van der Waals surface area contributed by atoms with Gasteiger partial charge in [0.2, 0.25) is 0 Å². The Kier molecular flexibility index (Phi) is 12.0. The Bertz CT molecular complexity index is 1340. The number of rotatable bonds is 14. The van der Waals surface area contributed by atoms with Crippen molar-refractivity contribution in [2.24, 2.45) is 5.73 Å². The Labute approximate surface area is 258 Å². The number of carbonyl (C=O) groups is 3. The lowest BCUT2D eigenvalue weighted by Gasteiger charge is -2.28. The summed E-state index contributed by atoms with van der Waals surface area (Å²) in [5.41, 5.74) is 8.99. The molecule has 1 amide bonds. The fourth-order valence-electron chi connectivity index (χ4n) is 4.84. The average Bonchev–Trinajstić information content (AvgIpc) is 3.18. The number of aliphatic carboxylic acids is 1. The molecule has 230 valence electrons. The molecule has 3 rings (SSSR count). The number of nitrogens with zero attached hydrogens (tertiary/aromatic N) is 2. The number of unbranched alkanes of at least 4 members (excludes halogenated alkanes) is 2. The van der Waals surface area contributed by atoms with Crippen LogP contribution < -0.4 is 20.1 Å². The minimum Gasteiger partial charge on any atom is -0.493 e. The molecule has 0 unspecified atom stereocenters. The highest BCUT2D eigenvalue weighted by Gasteiger charge is 2.30. The summed E-state index contributed by atoms with van der Waals surface area (Å²) < 4.78 is 11.9. The van der Waals surface area contributed by atoms with Gasteiger partial charge in [-0.25, -0.2) is 0 Å². The Morgan fingerprint density at radius 1 is 1.07 bits per heavy atom. The first kappa shape index (κ1) is 34.6. The Hall–Kier alpha value is -3.60. The maximum Gasteiger partial charge on any atom is 0.303 e. The number of benzene rings is 2. The zero-order chi connectivity index (χ0) is 30.5. The van der Waals surface area contributed by atoms with Gasteiger partial charge in [-0.2, -0.15) is 0 Å². The minimum atomic E-state index is -0.797. The Morgan fingerprint density at radius 3 is 2.33 bits per heavy atom. The predicted molar refractivity (Wildman–Crippen MR) is 169 cm³/mol. The number of Topliss-reactive ketones (excluding diaryl/α,β-unsaturated/α-hetero) is 1. The highest BCUT2D eigenvalue weighted by molar-refractivity contribution is 8.93. The largest absolute Gasteiger partial charge is 0.493 e. The number of hydrogen-bond acceptors (Lipinski definition) is 7. The van der Waals surface area contributed by atoms with Crippen LogP contribution in [0, 0.1) is 5.41 Å². The van der Waals surface area contributed by atoms with E-state index >= 15 is 0 Å². The average molecular weight is 648 g/mol. The smallest absolute Gasteiger partial charge is 0.303 e. The molecule has 0 fully saturated rings. The van der Waals surface area contributed by atoms with E-state index in [9.17, 15) is 14.4 Å². The van der Waals surface area contributed by atoms with Crippen LogP contribution in [0.4, 0.5) is 5.69 Å². The number of ketones is 1. The molecule has 0 atom stereocenters. The highest BCUT2D eigenvalue weighted by atomic mass is 79.9. The van der Waals surface area contributed by atoms with Crippen molar-refractivity contribution in [1.29, 1.82) is 5.41 Å².